The molecule has 1 atom stereocenters. The van der Waals surface area contributed by atoms with E-state index >= 15 is 0 Å². The molecule has 5 nitrogen and oxygen atoms in total. The van der Waals surface area contributed by atoms with Gasteiger partial charge in [0.1, 0.15) is 11.6 Å². The highest BCUT2D eigenvalue weighted by Crippen LogP contribution is 2.37. The highest BCUT2D eigenvalue weighted by Gasteiger charge is 2.44. The molecule has 0 aliphatic heterocycles. The zero-order valence-corrected chi connectivity index (χ0v) is 15.5. The summed E-state index contributed by atoms with van der Waals surface area (Å²) in [6.45, 7) is 1.49. The summed E-state index contributed by atoms with van der Waals surface area (Å²) < 4.78 is 43.5. The maximum Gasteiger partial charge on any atom is 0.416 e. The van der Waals surface area contributed by atoms with E-state index in [9.17, 15) is 27.6 Å². The molecule has 0 heterocycles. The average molecular weight is 401 g/mol. The lowest BCUT2D eigenvalue weighted by Crippen LogP contribution is -2.38. The summed E-state index contributed by atoms with van der Waals surface area (Å²) in [6, 6.07) is 2.56. The summed E-state index contributed by atoms with van der Waals surface area (Å²) in [5, 5.41) is 7.95. The molecule has 9 heteroatoms. The monoisotopic (exact) mass is 401 g/mol. The zero-order valence-electron chi connectivity index (χ0n) is 14.7. The van der Waals surface area contributed by atoms with Gasteiger partial charge in [-0.05, 0) is 44.2 Å². The minimum atomic E-state index is -4.58. The molecule has 0 amide bonds. The van der Waals surface area contributed by atoms with Gasteiger partial charge in [0.05, 0.1) is 12.2 Å². The molecule has 2 rings (SSSR count). The lowest BCUT2D eigenvalue weighted by atomic mass is 9.87. The van der Waals surface area contributed by atoms with Crippen molar-refractivity contribution >= 4 is 35.0 Å². The number of ether oxygens (including phenoxy) is 1. The van der Waals surface area contributed by atoms with E-state index in [1.165, 1.54) is 13.2 Å². The lowest BCUT2D eigenvalue weighted by molar-refractivity contribution is -0.138. The summed E-state index contributed by atoms with van der Waals surface area (Å²) in [7, 11) is 0. The number of esters is 1. The topological polar surface area (TPSA) is 84.3 Å². The predicted octanol–water partition coefficient (Wildman–Crippen LogP) is 3.79. The van der Waals surface area contributed by atoms with Crippen LogP contribution in [0.4, 0.5) is 13.2 Å². The van der Waals surface area contributed by atoms with Crippen LogP contribution in [0.2, 0.25) is 0 Å². The third-order valence-corrected chi connectivity index (χ3v) is 4.88. The Labute approximate surface area is 158 Å². The van der Waals surface area contributed by atoms with E-state index in [0.717, 1.165) is 30.0 Å². The Kier molecular flexibility index (Phi) is 6.46. The molecule has 1 aliphatic carbocycles. The van der Waals surface area contributed by atoms with Gasteiger partial charge in [0.25, 0.3) is 0 Å². The number of rotatable bonds is 8. The fraction of sp³-hybridized carbons (Fsp3) is 0.444. The second-order valence-electron chi connectivity index (χ2n) is 6.02. The number of Topliss-reactive ketones (excluding diaryl/α,β-unsaturated/α-hetero) is 2. The molecule has 0 radical (unpaired) electrons. The number of alkyl halides is 3. The van der Waals surface area contributed by atoms with Crippen molar-refractivity contribution in [3.05, 3.63) is 29.3 Å². The Hall–Kier alpha value is -2.16. The Morgan fingerprint density at radius 3 is 2.41 bits per heavy atom. The van der Waals surface area contributed by atoms with Crippen molar-refractivity contribution in [2.45, 2.75) is 30.8 Å². The number of ketones is 2. The van der Waals surface area contributed by atoms with E-state index in [1.807, 2.05) is 0 Å². The van der Waals surface area contributed by atoms with Crippen LogP contribution in [0.25, 0.3) is 0 Å². The van der Waals surface area contributed by atoms with Gasteiger partial charge in [0.2, 0.25) is 0 Å². The van der Waals surface area contributed by atoms with Crippen molar-refractivity contribution < 1.29 is 32.3 Å². The van der Waals surface area contributed by atoms with Crippen LogP contribution in [0.5, 0.6) is 0 Å². The second kappa shape index (κ2) is 8.24. The largest absolute Gasteiger partial charge is 0.461 e. The number of halogens is 3. The summed E-state index contributed by atoms with van der Waals surface area (Å²) in [5.41, 5.74) is -1.83. The van der Waals surface area contributed by atoms with Gasteiger partial charge in [-0.2, -0.15) is 13.2 Å². The molecule has 1 aromatic rings. The van der Waals surface area contributed by atoms with Gasteiger partial charge >= 0.3 is 12.1 Å². The Balaban J connectivity index is 2.44. The predicted molar refractivity (Wildman–Crippen MR) is 93.1 cm³/mol. The van der Waals surface area contributed by atoms with Crippen molar-refractivity contribution in [3.8, 4) is 0 Å². The fourth-order valence-corrected chi connectivity index (χ4v) is 3.19. The molecule has 1 aliphatic rings. The van der Waals surface area contributed by atoms with E-state index in [-0.39, 0.29) is 17.1 Å². The van der Waals surface area contributed by atoms with Gasteiger partial charge in [-0.1, -0.05) is 0 Å². The van der Waals surface area contributed by atoms with Crippen molar-refractivity contribution in [2.75, 3.05) is 12.9 Å². The smallest absolute Gasteiger partial charge is 0.416 e. The van der Waals surface area contributed by atoms with E-state index < -0.39 is 46.8 Å². The van der Waals surface area contributed by atoms with Gasteiger partial charge in [-0.25, -0.2) is 4.79 Å². The van der Waals surface area contributed by atoms with E-state index in [1.54, 1.807) is 0 Å². The van der Waals surface area contributed by atoms with E-state index in [4.69, 9.17) is 10.1 Å². The number of hydrogen-bond acceptors (Lipinski definition) is 6. The van der Waals surface area contributed by atoms with Crippen LogP contribution in [0.15, 0.2) is 23.1 Å². The second-order valence-corrected chi connectivity index (χ2v) is 6.87. The maximum atomic E-state index is 12.9. The Bertz CT molecular complexity index is 787. The third kappa shape index (κ3) is 4.77. The van der Waals surface area contributed by atoms with Crippen LogP contribution in [-0.4, -0.2) is 36.1 Å². The normalized spacial score (nSPS) is 15.1. The summed E-state index contributed by atoms with van der Waals surface area (Å²) in [4.78, 5) is 37.4. The van der Waals surface area contributed by atoms with Gasteiger partial charge in [0.15, 0.2) is 11.6 Å². The first-order valence-corrected chi connectivity index (χ1v) is 9.43. The van der Waals surface area contributed by atoms with Crippen LogP contribution in [0.1, 0.15) is 35.7 Å². The standard InChI is InChI=1S/C18H18F3NO4S/c1-3-26-17(25)14(22)13(15(23)9-4-5-9)16(24)11-7-6-10(18(19,20)21)8-12(11)27-2/h6-9,13,22H,3-5H2,1-2H3. The number of thioether (sulfide) groups is 1. The van der Waals surface area contributed by atoms with Crippen molar-refractivity contribution in [2.24, 2.45) is 11.8 Å². The number of carbonyl (C=O) groups is 3. The fourth-order valence-electron chi connectivity index (χ4n) is 2.56. The summed E-state index contributed by atoms with van der Waals surface area (Å²) in [5.74, 6) is -4.59. The quantitative estimate of drug-likeness (QED) is 0.236. The summed E-state index contributed by atoms with van der Waals surface area (Å²) >= 11 is 0.919. The molecule has 0 aromatic heterocycles. The first-order valence-electron chi connectivity index (χ1n) is 8.20. The van der Waals surface area contributed by atoms with E-state index in [0.29, 0.717) is 12.8 Å². The maximum absolute atomic E-state index is 12.9. The first kappa shape index (κ1) is 21.1. The van der Waals surface area contributed by atoms with E-state index in [2.05, 4.69) is 0 Å². The minimum absolute atomic E-state index is 0.0279. The molecule has 0 saturated heterocycles. The summed E-state index contributed by atoms with van der Waals surface area (Å²) in [6.07, 6.45) is -1.96. The minimum Gasteiger partial charge on any atom is -0.461 e. The van der Waals surface area contributed by atoms with Crippen molar-refractivity contribution in [1.29, 1.82) is 5.41 Å². The number of benzene rings is 1. The van der Waals surface area contributed by atoms with Crippen LogP contribution < -0.4 is 0 Å². The van der Waals surface area contributed by atoms with Gasteiger partial charge < -0.3 is 4.74 Å². The number of nitrogens with one attached hydrogen (secondary N) is 1. The first-order chi connectivity index (χ1) is 12.6. The Morgan fingerprint density at radius 1 is 1.30 bits per heavy atom. The third-order valence-electron chi connectivity index (χ3n) is 4.10. The molecule has 1 unspecified atom stereocenters. The van der Waals surface area contributed by atoms with Crippen LogP contribution in [0, 0.1) is 17.2 Å². The lowest BCUT2D eigenvalue weighted by Gasteiger charge is -2.17. The molecule has 1 aromatic carbocycles. The molecule has 27 heavy (non-hydrogen) atoms. The molecule has 1 fully saturated rings. The molecular weight excluding hydrogens is 383 g/mol. The Morgan fingerprint density at radius 2 is 1.93 bits per heavy atom. The van der Waals surface area contributed by atoms with Crippen LogP contribution >= 0.6 is 11.8 Å². The van der Waals surface area contributed by atoms with Crippen molar-refractivity contribution in [3.63, 3.8) is 0 Å². The molecule has 0 bridgehead atoms. The highest BCUT2D eigenvalue weighted by molar-refractivity contribution is 7.98. The van der Waals surface area contributed by atoms with Crippen molar-refractivity contribution in [1.82, 2.24) is 0 Å². The van der Waals surface area contributed by atoms with Crippen LogP contribution in [-0.2, 0) is 20.5 Å². The average Bonchev–Trinajstić information content (AvgIpc) is 3.45. The number of hydrogen-bond donors (Lipinski definition) is 1. The van der Waals surface area contributed by atoms with Gasteiger partial charge in [-0.15, -0.1) is 11.8 Å². The molecule has 0 spiro atoms. The molecule has 1 saturated carbocycles. The molecule has 1 N–H and O–H groups in total. The number of carbonyl (C=O) groups excluding carboxylic acids is 3. The highest BCUT2D eigenvalue weighted by atomic mass is 32.2. The van der Waals surface area contributed by atoms with Gasteiger partial charge in [0, 0.05) is 16.4 Å². The van der Waals surface area contributed by atoms with Gasteiger partial charge in [-0.3, -0.25) is 15.0 Å². The molecular formula is C18H18F3NO4S. The molecule has 146 valence electrons. The SMILES string of the molecule is CCOC(=O)C(=N)C(C(=O)c1ccc(C(F)(F)F)cc1SC)C(=O)C1CC1. The van der Waals surface area contributed by atoms with Crippen LogP contribution in [0.3, 0.4) is 0 Å². The zero-order chi connectivity index (χ0) is 20.4.